The molecule has 1 aliphatic carbocycles. The highest BCUT2D eigenvalue weighted by atomic mass is 16.7. The van der Waals surface area contributed by atoms with E-state index in [1.807, 2.05) is 36.4 Å². The number of unbranched alkanes of at least 4 members (excludes halogenated alkanes) is 7. The molecule has 10 heteroatoms. The van der Waals surface area contributed by atoms with Crippen LogP contribution >= 0.6 is 0 Å². The zero-order chi connectivity index (χ0) is 33.5. The molecule has 2 aromatic rings. The quantitative estimate of drug-likeness (QED) is 0.0753. The number of carbonyl (C=O) groups excluding carboxylic acids is 3. The monoisotopic (exact) mass is 652 g/mol. The van der Waals surface area contributed by atoms with Crippen LogP contribution in [-0.2, 0) is 37.0 Å². The Kier molecular flexibility index (Phi) is 18.5. The first-order valence-electron chi connectivity index (χ1n) is 17.7. The van der Waals surface area contributed by atoms with E-state index >= 15 is 0 Å². The third-order valence-corrected chi connectivity index (χ3v) is 8.72. The normalized spacial score (nSPS) is 16.6. The van der Waals surface area contributed by atoms with Crippen LogP contribution < -0.4 is 21.3 Å². The first-order valence-corrected chi connectivity index (χ1v) is 17.7. The summed E-state index contributed by atoms with van der Waals surface area (Å²) in [6, 6.07) is 10.6. The van der Waals surface area contributed by atoms with Crippen LogP contribution in [0.4, 0.5) is 0 Å². The van der Waals surface area contributed by atoms with Crippen LogP contribution in [0.2, 0.25) is 0 Å². The minimum Gasteiger partial charge on any atom is -0.489 e. The summed E-state index contributed by atoms with van der Waals surface area (Å²) in [5.74, 6) is 0.219. The van der Waals surface area contributed by atoms with Crippen LogP contribution in [0.15, 0.2) is 48.8 Å². The first kappa shape index (κ1) is 38.0. The van der Waals surface area contributed by atoms with E-state index < -0.39 is 12.0 Å². The summed E-state index contributed by atoms with van der Waals surface area (Å²) < 4.78 is 11.4. The van der Waals surface area contributed by atoms with Crippen molar-refractivity contribution in [1.82, 2.24) is 15.8 Å². The van der Waals surface area contributed by atoms with Crippen molar-refractivity contribution in [2.24, 2.45) is 17.6 Å². The fraction of sp³-hybridized carbons (Fsp3) is 0.622. The molecule has 260 valence electrons. The molecule has 1 amide bonds. The first-order chi connectivity index (χ1) is 23.0. The van der Waals surface area contributed by atoms with E-state index in [2.05, 4.69) is 22.7 Å². The standard InChI is InChI=1S/C37H56N4O6/c1-2-3-4-5-6-10-25-45-37(44)32-16-12-30(13-17-32)27-40-36(43)34(41-47-35(42)11-8-7-9-22-38)26-29-14-18-33(19-15-29)46-28-31-20-23-39-24-21-31/h14-15,18-21,23-24,30,32,34,41H,2-13,16-17,22,25-28,38H2,1H3,(H,40,43)/t30?,32?,34-/m0/s1. The number of hydroxylamine groups is 1. The molecule has 0 aliphatic heterocycles. The number of esters is 1. The van der Waals surface area contributed by atoms with E-state index in [4.69, 9.17) is 20.0 Å². The number of rotatable bonds is 23. The molecule has 0 radical (unpaired) electrons. The van der Waals surface area contributed by atoms with Crippen molar-refractivity contribution in [3.63, 3.8) is 0 Å². The number of hydrogen-bond donors (Lipinski definition) is 3. The zero-order valence-electron chi connectivity index (χ0n) is 28.3. The van der Waals surface area contributed by atoms with E-state index in [0.717, 1.165) is 62.5 Å². The highest BCUT2D eigenvalue weighted by Gasteiger charge is 2.28. The molecule has 0 saturated heterocycles. The van der Waals surface area contributed by atoms with Gasteiger partial charge < -0.3 is 25.4 Å². The molecule has 1 aromatic carbocycles. The smallest absolute Gasteiger partial charge is 0.324 e. The number of nitrogens with one attached hydrogen (secondary N) is 2. The van der Waals surface area contributed by atoms with Gasteiger partial charge in [-0.25, -0.2) is 0 Å². The molecule has 3 rings (SSSR count). The molecule has 1 heterocycles. The second-order valence-corrected chi connectivity index (χ2v) is 12.6. The second-order valence-electron chi connectivity index (χ2n) is 12.6. The third kappa shape index (κ3) is 15.8. The van der Waals surface area contributed by atoms with Gasteiger partial charge in [0.25, 0.3) is 0 Å². The van der Waals surface area contributed by atoms with Gasteiger partial charge in [0.05, 0.1) is 12.5 Å². The molecule has 10 nitrogen and oxygen atoms in total. The van der Waals surface area contributed by atoms with E-state index in [0.29, 0.717) is 44.9 Å². The summed E-state index contributed by atoms with van der Waals surface area (Å²) in [6.07, 6.45) is 16.7. The van der Waals surface area contributed by atoms with Crippen LogP contribution in [0.1, 0.15) is 108 Å². The van der Waals surface area contributed by atoms with Crippen molar-refractivity contribution < 1.29 is 28.7 Å². The molecule has 1 aromatic heterocycles. The third-order valence-electron chi connectivity index (χ3n) is 8.72. The SMILES string of the molecule is CCCCCCCCOC(=O)C1CCC(CNC(=O)[C@H](Cc2ccc(OCc3ccncc3)cc2)NOC(=O)CCCCCN)CC1. The average molecular weight is 653 g/mol. The average Bonchev–Trinajstić information content (AvgIpc) is 3.10. The highest BCUT2D eigenvalue weighted by Crippen LogP contribution is 2.29. The molecule has 0 spiro atoms. The number of nitrogens with zero attached hydrogens (tertiary/aromatic N) is 1. The number of nitrogens with two attached hydrogens (primary N) is 1. The van der Waals surface area contributed by atoms with Gasteiger partial charge in [-0.15, -0.1) is 5.48 Å². The Labute approximate surface area is 280 Å². The minimum atomic E-state index is -0.764. The van der Waals surface area contributed by atoms with Gasteiger partial charge in [0, 0.05) is 25.4 Å². The summed E-state index contributed by atoms with van der Waals surface area (Å²) in [4.78, 5) is 47.6. The summed E-state index contributed by atoms with van der Waals surface area (Å²) in [6.45, 7) is 4.24. The lowest BCUT2D eigenvalue weighted by Gasteiger charge is -2.28. The Hall–Kier alpha value is -3.50. The number of amides is 1. The van der Waals surface area contributed by atoms with Gasteiger partial charge in [0.2, 0.25) is 5.91 Å². The number of benzene rings is 1. The maximum absolute atomic E-state index is 13.3. The maximum atomic E-state index is 13.3. The lowest BCUT2D eigenvalue weighted by atomic mass is 9.82. The molecular weight excluding hydrogens is 596 g/mol. The Balaban J connectivity index is 1.44. The lowest BCUT2D eigenvalue weighted by Crippen LogP contribution is -2.47. The topological polar surface area (TPSA) is 142 Å². The Morgan fingerprint density at radius 3 is 2.30 bits per heavy atom. The summed E-state index contributed by atoms with van der Waals surface area (Å²) in [5.41, 5.74) is 10.2. The number of ether oxygens (including phenoxy) is 2. The van der Waals surface area contributed by atoms with Crippen molar-refractivity contribution in [1.29, 1.82) is 0 Å². The molecule has 1 saturated carbocycles. The summed E-state index contributed by atoms with van der Waals surface area (Å²) >= 11 is 0. The number of hydrogen-bond acceptors (Lipinski definition) is 9. The van der Waals surface area contributed by atoms with Crippen molar-refractivity contribution >= 4 is 17.8 Å². The Morgan fingerprint density at radius 1 is 0.872 bits per heavy atom. The molecular formula is C37H56N4O6. The summed E-state index contributed by atoms with van der Waals surface area (Å²) in [7, 11) is 0. The number of aromatic nitrogens is 1. The van der Waals surface area contributed by atoms with E-state index in [9.17, 15) is 14.4 Å². The molecule has 1 atom stereocenters. The second kappa shape index (κ2) is 22.9. The van der Waals surface area contributed by atoms with E-state index in [1.54, 1.807) is 12.4 Å². The van der Waals surface area contributed by atoms with Crippen molar-refractivity contribution in [3.05, 3.63) is 59.9 Å². The van der Waals surface area contributed by atoms with Crippen LogP contribution in [0.3, 0.4) is 0 Å². The number of pyridine rings is 1. The van der Waals surface area contributed by atoms with Crippen LogP contribution in [0.25, 0.3) is 0 Å². The van der Waals surface area contributed by atoms with Gasteiger partial charge in [-0.05, 0) is 99.2 Å². The van der Waals surface area contributed by atoms with Gasteiger partial charge >= 0.3 is 11.9 Å². The van der Waals surface area contributed by atoms with Gasteiger partial charge in [-0.1, -0.05) is 57.6 Å². The van der Waals surface area contributed by atoms with Crippen LogP contribution in [0, 0.1) is 11.8 Å². The van der Waals surface area contributed by atoms with Crippen LogP contribution in [-0.4, -0.2) is 48.6 Å². The molecule has 0 bridgehead atoms. The Morgan fingerprint density at radius 2 is 1.57 bits per heavy atom. The molecule has 1 fully saturated rings. The van der Waals surface area contributed by atoms with Crippen LogP contribution in [0.5, 0.6) is 5.75 Å². The fourth-order valence-electron chi connectivity index (χ4n) is 5.71. The highest BCUT2D eigenvalue weighted by molar-refractivity contribution is 5.82. The predicted molar refractivity (Wildman–Crippen MR) is 182 cm³/mol. The largest absolute Gasteiger partial charge is 0.489 e. The Bertz CT molecular complexity index is 1160. The maximum Gasteiger partial charge on any atom is 0.324 e. The van der Waals surface area contributed by atoms with E-state index in [1.165, 1.54) is 25.7 Å². The molecule has 0 unspecified atom stereocenters. The summed E-state index contributed by atoms with van der Waals surface area (Å²) in [5, 5.41) is 3.06. The van der Waals surface area contributed by atoms with Gasteiger partial charge in [0.15, 0.2) is 0 Å². The molecule has 4 N–H and O–H groups in total. The molecule has 47 heavy (non-hydrogen) atoms. The van der Waals surface area contributed by atoms with Crippen molar-refractivity contribution in [3.8, 4) is 5.75 Å². The fourth-order valence-corrected chi connectivity index (χ4v) is 5.71. The van der Waals surface area contributed by atoms with Gasteiger partial charge in [-0.3, -0.25) is 19.4 Å². The molecule has 1 aliphatic rings. The van der Waals surface area contributed by atoms with Crippen molar-refractivity contribution in [2.45, 2.75) is 116 Å². The lowest BCUT2D eigenvalue weighted by molar-refractivity contribution is -0.155. The minimum absolute atomic E-state index is 0.0580. The van der Waals surface area contributed by atoms with Gasteiger partial charge in [-0.2, -0.15) is 0 Å². The van der Waals surface area contributed by atoms with E-state index in [-0.39, 0.29) is 30.1 Å². The number of carbonyl (C=O) groups is 3. The van der Waals surface area contributed by atoms with Gasteiger partial charge in [0.1, 0.15) is 18.4 Å². The van der Waals surface area contributed by atoms with Crippen molar-refractivity contribution in [2.75, 3.05) is 19.7 Å². The zero-order valence-corrected chi connectivity index (χ0v) is 28.3. The predicted octanol–water partition coefficient (Wildman–Crippen LogP) is 5.96.